The molecule has 0 aromatic heterocycles. The average Bonchev–Trinajstić information content (AvgIpc) is 3.19. The molecule has 0 aromatic rings. The first kappa shape index (κ1) is 54.5. The maximum atomic E-state index is 12.1. The van der Waals surface area contributed by atoms with Gasteiger partial charge in [-0.25, -0.2) is 0 Å². The zero-order valence-electron chi connectivity index (χ0n) is 38.7. The molecule has 0 N–H and O–H groups in total. The minimum atomic E-state index is 0.0348. The molecule has 0 aliphatic carbocycles. The molecule has 0 heterocycles. The van der Waals surface area contributed by atoms with Gasteiger partial charge < -0.3 is 4.74 Å². The Bertz CT molecular complexity index is 673. The number of esters is 1. The topological polar surface area (TPSA) is 26.3 Å². The predicted molar refractivity (Wildman–Crippen MR) is 249 cm³/mol. The van der Waals surface area contributed by atoms with Crippen LogP contribution in [0.15, 0.2) is 0 Å². The van der Waals surface area contributed by atoms with Gasteiger partial charge in [0, 0.05) is 6.42 Å². The number of carbonyl (C=O) groups excluding carboxylic acids is 1. The van der Waals surface area contributed by atoms with E-state index in [1.807, 2.05) is 0 Å². The zero-order valence-corrected chi connectivity index (χ0v) is 38.7. The fraction of sp³-hybridized carbons (Fsp3) is 0.981. The SMILES string of the molecule is CCCCCCCCCCCCCCCCCCCCCCCCCCCCCOC(=O)CCCCCCCCCCCCCCCCCCCCCCC. The number of hydrogen-bond acceptors (Lipinski definition) is 2. The lowest BCUT2D eigenvalue weighted by molar-refractivity contribution is -0.143. The van der Waals surface area contributed by atoms with Crippen LogP contribution >= 0.6 is 0 Å². The van der Waals surface area contributed by atoms with Gasteiger partial charge in [-0.2, -0.15) is 0 Å². The van der Waals surface area contributed by atoms with Gasteiger partial charge in [-0.15, -0.1) is 0 Å². The van der Waals surface area contributed by atoms with Gasteiger partial charge >= 0.3 is 5.97 Å². The highest BCUT2D eigenvalue weighted by atomic mass is 16.5. The summed E-state index contributed by atoms with van der Waals surface area (Å²) < 4.78 is 5.50. The van der Waals surface area contributed by atoms with E-state index in [4.69, 9.17) is 4.74 Å². The molecular weight excluding hydrogens is 669 g/mol. The van der Waals surface area contributed by atoms with Gasteiger partial charge in [0.2, 0.25) is 0 Å². The second kappa shape index (κ2) is 51.5. The Morgan fingerprint density at radius 1 is 0.236 bits per heavy atom. The maximum absolute atomic E-state index is 12.1. The molecule has 2 nitrogen and oxygen atoms in total. The first-order valence-corrected chi connectivity index (χ1v) is 26.5. The summed E-state index contributed by atoms with van der Waals surface area (Å²) in [6.07, 6.45) is 68.3. The van der Waals surface area contributed by atoms with E-state index >= 15 is 0 Å². The Labute approximate surface area is 349 Å². The second-order valence-corrected chi connectivity index (χ2v) is 18.2. The van der Waals surface area contributed by atoms with E-state index in [1.165, 1.54) is 295 Å². The Hall–Kier alpha value is -0.530. The van der Waals surface area contributed by atoms with Crippen molar-refractivity contribution < 1.29 is 9.53 Å². The number of unbranched alkanes of at least 4 members (excludes halogenated alkanes) is 46. The third-order valence-electron chi connectivity index (χ3n) is 12.5. The first-order valence-electron chi connectivity index (χ1n) is 26.5. The van der Waals surface area contributed by atoms with Crippen molar-refractivity contribution in [2.75, 3.05) is 6.61 Å². The fourth-order valence-corrected chi connectivity index (χ4v) is 8.55. The van der Waals surface area contributed by atoms with Crippen LogP contribution in [-0.4, -0.2) is 12.6 Å². The van der Waals surface area contributed by atoms with Crippen LogP contribution < -0.4 is 0 Å². The highest BCUT2D eigenvalue weighted by Crippen LogP contribution is 2.18. The Morgan fingerprint density at radius 2 is 0.400 bits per heavy atom. The molecule has 0 aliphatic rings. The third-order valence-corrected chi connectivity index (χ3v) is 12.5. The minimum absolute atomic E-state index is 0.0348. The quantitative estimate of drug-likeness (QED) is 0.0454. The third kappa shape index (κ3) is 51.5. The van der Waals surface area contributed by atoms with Gasteiger partial charge in [0.05, 0.1) is 6.61 Å². The molecule has 0 atom stereocenters. The van der Waals surface area contributed by atoms with Crippen LogP contribution in [0, 0.1) is 0 Å². The normalized spacial score (nSPS) is 11.5. The van der Waals surface area contributed by atoms with Gasteiger partial charge in [-0.3, -0.25) is 4.79 Å². The van der Waals surface area contributed by atoms with E-state index in [1.54, 1.807) is 0 Å². The molecule has 330 valence electrons. The molecule has 0 saturated carbocycles. The largest absolute Gasteiger partial charge is 0.466 e. The Balaban J connectivity index is 3.14. The van der Waals surface area contributed by atoms with Crippen molar-refractivity contribution in [3.8, 4) is 0 Å². The summed E-state index contributed by atoms with van der Waals surface area (Å²) >= 11 is 0. The molecule has 0 unspecified atom stereocenters. The molecule has 0 spiro atoms. The van der Waals surface area contributed by atoms with Crippen LogP contribution in [0.3, 0.4) is 0 Å². The Kier molecular flexibility index (Phi) is 51.0. The molecule has 0 aromatic carbocycles. The van der Waals surface area contributed by atoms with Crippen LogP contribution in [-0.2, 0) is 9.53 Å². The molecule has 0 saturated heterocycles. The van der Waals surface area contributed by atoms with Crippen LogP contribution in [0.2, 0.25) is 0 Å². The first-order chi connectivity index (χ1) is 27.3. The minimum Gasteiger partial charge on any atom is -0.466 e. The van der Waals surface area contributed by atoms with Crippen LogP contribution in [0.5, 0.6) is 0 Å². The van der Waals surface area contributed by atoms with Gasteiger partial charge in [0.25, 0.3) is 0 Å². The van der Waals surface area contributed by atoms with Gasteiger partial charge in [0.15, 0.2) is 0 Å². The summed E-state index contributed by atoms with van der Waals surface area (Å²) in [6.45, 7) is 5.24. The lowest BCUT2D eigenvalue weighted by Crippen LogP contribution is -2.05. The number of rotatable bonds is 50. The summed E-state index contributed by atoms with van der Waals surface area (Å²) in [4.78, 5) is 12.1. The second-order valence-electron chi connectivity index (χ2n) is 18.2. The van der Waals surface area contributed by atoms with Gasteiger partial charge in [0.1, 0.15) is 0 Å². The van der Waals surface area contributed by atoms with Crippen LogP contribution in [0.25, 0.3) is 0 Å². The number of ether oxygens (including phenoxy) is 1. The summed E-state index contributed by atoms with van der Waals surface area (Å²) in [5.41, 5.74) is 0. The van der Waals surface area contributed by atoms with Gasteiger partial charge in [-0.05, 0) is 12.8 Å². The molecule has 0 radical (unpaired) electrons. The molecule has 55 heavy (non-hydrogen) atoms. The number of carbonyl (C=O) groups is 1. The van der Waals surface area contributed by atoms with E-state index < -0.39 is 0 Å². The van der Waals surface area contributed by atoms with Crippen molar-refractivity contribution in [3.63, 3.8) is 0 Å². The molecule has 2 heteroatoms. The van der Waals surface area contributed by atoms with E-state index in [0.717, 1.165) is 12.8 Å². The summed E-state index contributed by atoms with van der Waals surface area (Å²) in [5, 5.41) is 0. The molecule has 0 fully saturated rings. The number of hydrogen-bond donors (Lipinski definition) is 0. The highest BCUT2D eigenvalue weighted by Gasteiger charge is 2.03. The monoisotopic (exact) mass is 775 g/mol. The summed E-state index contributed by atoms with van der Waals surface area (Å²) in [5.74, 6) is 0.0348. The molecule has 0 rings (SSSR count). The van der Waals surface area contributed by atoms with Gasteiger partial charge in [-0.1, -0.05) is 309 Å². The van der Waals surface area contributed by atoms with E-state index in [0.29, 0.717) is 13.0 Å². The molecule has 0 amide bonds. The molecular formula is C53H106O2. The lowest BCUT2D eigenvalue weighted by Gasteiger charge is -2.06. The lowest BCUT2D eigenvalue weighted by atomic mass is 10.0. The van der Waals surface area contributed by atoms with Crippen molar-refractivity contribution in [1.29, 1.82) is 0 Å². The van der Waals surface area contributed by atoms with E-state index in [2.05, 4.69) is 13.8 Å². The highest BCUT2D eigenvalue weighted by molar-refractivity contribution is 5.69. The zero-order chi connectivity index (χ0) is 39.6. The smallest absolute Gasteiger partial charge is 0.305 e. The van der Waals surface area contributed by atoms with Crippen LogP contribution in [0.4, 0.5) is 0 Å². The van der Waals surface area contributed by atoms with Crippen LogP contribution in [0.1, 0.15) is 328 Å². The van der Waals surface area contributed by atoms with Crippen molar-refractivity contribution in [2.24, 2.45) is 0 Å². The summed E-state index contributed by atoms with van der Waals surface area (Å²) in [7, 11) is 0. The molecule has 0 bridgehead atoms. The van der Waals surface area contributed by atoms with Crippen molar-refractivity contribution in [3.05, 3.63) is 0 Å². The predicted octanol–water partition coefficient (Wildman–Crippen LogP) is 19.7. The van der Waals surface area contributed by atoms with E-state index in [-0.39, 0.29) is 5.97 Å². The Morgan fingerprint density at radius 3 is 0.600 bits per heavy atom. The van der Waals surface area contributed by atoms with Crippen molar-refractivity contribution in [1.82, 2.24) is 0 Å². The fourth-order valence-electron chi connectivity index (χ4n) is 8.55. The standard InChI is InChI=1S/C53H106O2/c1-3-5-7-9-11-13-15-17-19-21-23-25-26-27-28-29-30-32-34-36-38-40-42-44-46-48-50-52-55-53(54)51-49-47-45-43-41-39-37-35-33-31-24-22-20-18-16-14-12-10-8-6-4-2/h3-52H2,1-2H3. The van der Waals surface area contributed by atoms with E-state index in [9.17, 15) is 4.79 Å². The maximum Gasteiger partial charge on any atom is 0.305 e. The summed E-state index contributed by atoms with van der Waals surface area (Å²) in [6, 6.07) is 0. The van der Waals surface area contributed by atoms with Crippen molar-refractivity contribution >= 4 is 5.97 Å². The average molecular weight is 775 g/mol. The van der Waals surface area contributed by atoms with Crippen molar-refractivity contribution in [2.45, 2.75) is 328 Å². The molecule has 0 aliphatic heterocycles.